The molecule has 0 aliphatic carbocycles. The van der Waals surface area contributed by atoms with Crippen LogP contribution in [0.4, 0.5) is 0 Å². The van der Waals surface area contributed by atoms with Crippen LogP contribution in [0, 0.1) is 31.2 Å². The summed E-state index contributed by atoms with van der Waals surface area (Å²) in [5.74, 6) is 0. The van der Waals surface area contributed by atoms with Gasteiger partial charge >= 0.3 is 21.2 Å². The summed E-state index contributed by atoms with van der Waals surface area (Å²) in [6.07, 6.45) is 0. The minimum atomic E-state index is -4.94. The Bertz CT molecular complexity index is 579. The molecule has 4 nitrogen and oxygen atoms in total. The molecule has 0 heterocycles. The van der Waals surface area contributed by atoms with E-state index >= 15 is 0 Å². The molecule has 0 fully saturated rings. The van der Waals surface area contributed by atoms with E-state index in [1.807, 2.05) is 0 Å². The first-order valence-electron chi connectivity index (χ1n) is 5.74. The lowest BCUT2D eigenvalue weighted by Crippen LogP contribution is -3.61. The fourth-order valence-electron chi connectivity index (χ4n) is 1.41. The van der Waals surface area contributed by atoms with E-state index in [1.54, 1.807) is 0 Å². The van der Waals surface area contributed by atoms with Crippen LogP contribution in [0.2, 0.25) is 0 Å². The van der Waals surface area contributed by atoms with Crippen LogP contribution in [-0.4, -0.2) is 0 Å². The molecule has 0 aliphatic heterocycles. The zero-order valence-corrected chi connectivity index (χ0v) is 15.8. The van der Waals surface area contributed by atoms with Crippen LogP contribution < -0.4 is 39.8 Å². The summed E-state index contributed by atoms with van der Waals surface area (Å²) in [4.78, 5) is 0. The summed E-state index contributed by atoms with van der Waals surface area (Å²) in [6, 6.07) is 15.4. The molecule has 0 amide bonds. The van der Waals surface area contributed by atoms with Gasteiger partial charge in [0.05, 0.1) is 0 Å². The third-order valence-corrected chi connectivity index (χ3v) is 5.96. The first-order chi connectivity index (χ1) is 9.65. The van der Waals surface area contributed by atoms with Gasteiger partial charge in [0.2, 0.25) is 0 Å². The molecular weight excluding hydrogens is 474 g/mol. The lowest BCUT2D eigenvalue weighted by Gasteiger charge is -2.17. The molecule has 21 heavy (non-hydrogen) atoms. The van der Waals surface area contributed by atoms with Gasteiger partial charge in [-0.3, -0.25) is 0 Å². The van der Waals surface area contributed by atoms with E-state index in [0.717, 1.165) is 4.47 Å². The summed E-state index contributed by atoms with van der Waals surface area (Å²) < 4.78 is 38.1. The quantitative estimate of drug-likeness (QED) is 0.410. The van der Waals surface area contributed by atoms with Crippen LogP contribution in [0.15, 0.2) is 46.9 Å². The van der Waals surface area contributed by atoms with Gasteiger partial charge in [0.1, 0.15) is 0 Å². The number of rotatable bonds is 2. The second-order valence-electron chi connectivity index (χ2n) is 4.16. The lowest BCUT2D eigenvalue weighted by molar-refractivity contribution is -2.00. The highest BCUT2D eigenvalue weighted by molar-refractivity contribution is 9.10. The SMILES string of the molecule is Cc1ccc(C)c([I+]c2ccc(Br)cc2)c1.[O-][Cl+3]([O-])([O-])[O-]. The molecule has 0 aromatic heterocycles. The number of halogens is 3. The zero-order valence-electron chi connectivity index (χ0n) is 11.3. The molecule has 0 unspecified atom stereocenters. The first-order valence-corrected chi connectivity index (χ1v) is 9.93. The van der Waals surface area contributed by atoms with Gasteiger partial charge in [-0.05, 0) is 49.7 Å². The van der Waals surface area contributed by atoms with Gasteiger partial charge in [-0.1, -0.05) is 28.1 Å². The van der Waals surface area contributed by atoms with Crippen LogP contribution in [0.25, 0.3) is 0 Å². The molecule has 0 spiro atoms. The van der Waals surface area contributed by atoms with Gasteiger partial charge in [-0.15, -0.1) is 10.2 Å². The Hall–Kier alpha value is -0.220. The van der Waals surface area contributed by atoms with Crippen molar-refractivity contribution in [2.45, 2.75) is 13.8 Å². The molecule has 0 N–H and O–H groups in total. The average molecular weight is 488 g/mol. The van der Waals surface area contributed by atoms with Crippen molar-refractivity contribution in [3.63, 3.8) is 0 Å². The smallest absolute Gasteiger partial charge is 0.222 e. The molecule has 0 radical (unpaired) electrons. The first kappa shape index (κ1) is 18.8. The number of hydrogen-bond donors (Lipinski definition) is 0. The van der Waals surface area contributed by atoms with Crippen molar-refractivity contribution >= 4 is 15.9 Å². The van der Waals surface area contributed by atoms with E-state index in [-0.39, 0.29) is 21.2 Å². The summed E-state index contributed by atoms with van der Waals surface area (Å²) in [5, 5.41) is 0. The second-order valence-corrected chi connectivity index (χ2v) is 8.78. The fourth-order valence-corrected chi connectivity index (χ4v) is 4.32. The van der Waals surface area contributed by atoms with Gasteiger partial charge in [0.15, 0.2) is 7.14 Å². The van der Waals surface area contributed by atoms with Crippen molar-refractivity contribution in [2.75, 3.05) is 0 Å². The van der Waals surface area contributed by atoms with E-state index in [2.05, 4.69) is 72.2 Å². The third kappa shape index (κ3) is 8.72. The molecule has 2 aromatic carbocycles. The molecule has 114 valence electrons. The highest BCUT2D eigenvalue weighted by Gasteiger charge is 2.17. The monoisotopic (exact) mass is 486 g/mol. The van der Waals surface area contributed by atoms with E-state index < -0.39 is 10.2 Å². The maximum Gasteiger partial charge on any atom is 0.358 e. The van der Waals surface area contributed by atoms with Crippen molar-refractivity contribution < 1.29 is 50.1 Å². The maximum absolute atomic E-state index is 8.49. The van der Waals surface area contributed by atoms with Crippen LogP contribution >= 0.6 is 15.9 Å². The van der Waals surface area contributed by atoms with E-state index in [1.165, 1.54) is 18.3 Å². The summed E-state index contributed by atoms with van der Waals surface area (Å²) in [7, 11) is -4.94. The molecular formula is C14H13BrClIO4. The van der Waals surface area contributed by atoms with Gasteiger partial charge in [-0.25, -0.2) is 18.6 Å². The Morgan fingerprint density at radius 3 is 1.95 bits per heavy atom. The highest BCUT2D eigenvalue weighted by Crippen LogP contribution is 2.06. The average Bonchev–Trinajstić information content (AvgIpc) is 2.35. The van der Waals surface area contributed by atoms with Crippen molar-refractivity contribution in [2.24, 2.45) is 0 Å². The lowest BCUT2D eigenvalue weighted by atomic mass is 10.2. The Morgan fingerprint density at radius 1 is 0.905 bits per heavy atom. The Labute approximate surface area is 144 Å². The fraction of sp³-hybridized carbons (Fsp3) is 0.143. The van der Waals surface area contributed by atoms with Crippen LogP contribution in [0.3, 0.4) is 0 Å². The minimum absolute atomic E-state index is 0.0434. The topological polar surface area (TPSA) is 92.2 Å². The number of hydrogen-bond acceptors (Lipinski definition) is 4. The summed E-state index contributed by atoms with van der Waals surface area (Å²) in [6.45, 7) is 4.36. The number of benzene rings is 2. The van der Waals surface area contributed by atoms with Crippen molar-refractivity contribution in [3.8, 4) is 0 Å². The predicted octanol–water partition coefficient (Wildman–Crippen LogP) is -3.56. The Kier molecular flexibility index (Phi) is 7.55. The second kappa shape index (κ2) is 8.42. The molecule has 0 aliphatic rings. The van der Waals surface area contributed by atoms with E-state index in [9.17, 15) is 0 Å². The van der Waals surface area contributed by atoms with Gasteiger partial charge in [0, 0.05) is 10.0 Å². The normalized spacial score (nSPS) is 10.8. The van der Waals surface area contributed by atoms with Crippen LogP contribution in [0.1, 0.15) is 11.1 Å². The molecule has 2 aromatic rings. The largest absolute Gasteiger partial charge is 0.358 e. The highest BCUT2D eigenvalue weighted by atomic mass is 127. The Balaban J connectivity index is 0.000000383. The van der Waals surface area contributed by atoms with Crippen molar-refractivity contribution in [1.82, 2.24) is 0 Å². The van der Waals surface area contributed by atoms with Crippen molar-refractivity contribution in [1.29, 1.82) is 0 Å². The standard InChI is InChI=1S/C14H13BrI.ClHO4/c1-10-3-4-11(2)14(9-10)16-13-7-5-12(15)6-8-13;2-1(3,4)5/h3-9H,1-2H3;(H,2,3,4,5)/q+1;/p-1. The maximum atomic E-state index is 8.49. The van der Waals surface area contributed by atoms with Gasteiger partial charge < -0.3 is 0 Å². The third-order valence-electron chi connectivity index (χ3n) is 2.34. The number of aryl methyl sites for hydroxylation is 2. The summed E-state index contributed by atoms with van der Waals surface area (Å²) in [5.41, 5.74) is 2.78. The predicted molar refractivity (Wildman–Crippen MR) is 67.5 cm³/mol. The molecule has 0 atom stereocenters. The summed E-state index contributed by atoms with van der Waals surface area (Å²) >= 11 is 3.43. The van der Waals surface area contributed by atoms with Gasteiger partial charge in [-0.2, -0.15) is 0 Å². The molecule has 2 rings (SSSR count). The van der Waals surface area contributed by atoms with Gasteiger partial charge in [0.25, 0.3) is 0 Å². The van der Waals surface area contributed by atoms with Crippen LogP contribution in [0.5, 0.6) is 0 Å². The molecule has 0 saturated carbocycles. The van der Waals surface area contributed by atoms with E-state index in [4.69, 9.17) is 18.6 Å². The zero-order chi connectivity index (χ0) is 16.0. The van der Waals surface area contributed by atoms with Crippen molar-refractivity contribution in [3.05, 3.63) is 65.2 Å². The van der Waals surface area contributed by atoms with Crippen LogP contribution in [-0.2, 0) is 0 Å². The molecule has 7 heteroatoms. The Morgan fingerprint density at radius 2 is 1.43 bits per heavy atom. The minimum Gasteiger partial charge on any atom is -0.222 e. The molecule has 0 bridgehead atoms. The van der Waals surface area contributed by atoms with E-state index in [0.29, 0.717) is 0 Å². The molecule has 0 saturated heterocycles.